The van der Waals surface area contributed by atoms with Crippen molar-refractivity contribution in [1.29, 1.82) is 0 Å². The highest BCUT2D eigenvalue weighted by atomic mass is 16.5. The summed E-state index contributed by atoms with van der Waals surface area (Å²) >= 11 is 0. The SMILES string of the molecule is Cc1ncc2c(c1-c1noc(C3CCOC3)n1)CCN(C(=O)[C@@H]1CCCN1C)C2. The number of rotatable bonds is 3. The molecule has 0 radical (unpaired) electrons. The van der Waals surface area contributed by atoms with Gasteiger partial charge in [-0.2, -0.15) is 4.98 Å². The van der Waals surface area contributed by atoms with E-state index in [1.165, 1.54) is 5.56 Å². The second-order valence-electron chi connectivity index (χ2n) is 8.39. The Bertz CT molecular complexity index is 921. The minimum absolute atomic E-state index is 0.0165. The Morgan fingerprint density at radius 3 is 2.93 bits per heavy atom. The number of likely N-dealkylation sites (N-methyl/N-ethyl adjacent to an activating group) is 1. The first-order valence-electron chi connectivity index (χ1n) is 10.5. The topological polar surface area (TPSA) is 84.6 Å². The molecule has 0 aromatic carbocycles. The maximum atomic E-state index is 13.0. The number of hydrogen-bond acceptors (Lipinski definition) is 7. The molecule has 2 saturated heterocycles. The number of aromatic nitrogens is 3. The normalized spacial score (nSPS) is 24.8. The van der Waals surface area contributed by atoms with Crippen molar-refractivity contribution in [3.63, 3.8) is 0 Å². The highest BCUT2D eigenvalue weighted by Gasteiger charge is 2.34. The van der Waals surface area contributed by atoms with Crippen molar-refractivity contribution >= 4 is 5.91 Å². The van der Waals surface area contributed by atoms with Gasteiger partial charge in [-0.1, -0.05) is 5.16 Å². The molecule has 0 bridgehead atoms. The fourth-order valence-corrected chi connectivity index (χ4v) is 4.80. The van der Waals surface area contributed by atoms with E-state index in [-0.39, 0.29) is 17.9 Å². The van der Waals surface area contributed by atoms with Crippen LogP contribution in [0.4, 0.5) is 0 Å². The molecule has 5 heterocycles. The van der Waals surface area contributed by atoms with E-state index in [4.69, 9.17) is 9.26 Å². The molecule has 2 fully saturated rings. The predicted octanol–water partition coefficient (Wildman–Crippen LogP) is 1.92. The van der Waals surface area contributed by atoms with Crippen molar-refractivity contribution in [3.05, 3.63) is 28.9 Å². The van der Waals surface area contributed by atoms with Crippen LogP contribution in [0, 0.1) is 6.92 Å². The van der Waals surface area contributed by atoms with Gasteiger partial charge in [-0.25, -0.2) is 0 Å². The molecule has 29 heavy (non-hydrogen) atoms. The van der Waals surface area contributed by atoms with Crippen LogP contribution in [-0.4, -0.2) is 70.2 Å². The summed E-state index contributed by atoms with van der Waals surface area (Å²) in [4.78, 5) is 26.4. The number of ether oxygens (including phenoxy) is 1. The molecule has 3 aliphatic rings. The zero-order valence-corrected chi connectivity index (χ0v) is 17.1. The van der Waals surface area contributed by atoms with Gasteiger partial charge in [0.05, 0.1) is 18.6 Å². The van der Waals surface area contributed by atoms with Crippen LogP contribution in [0.3, 0.4) is 0 Å². The zero-order valence-electron chi connectivity index (χ0n) is 17.1. The molecule has 3 aliphatic heterocycles. The fraction of sp³-hybridized carbons (Fsp3) is 0.619. The zero-order chi connectivity index (χ0) is 20.0. The Hall–Kier alpha value is -2.32. The summed E-state index contributed by atoms with van der Waals surface area (Å²) in [7, 11) is 2.04. The van der Waals surface area contributed by atoms with Crippen LogP contribution in [0.2, 0.25) is 0 Å². The first-order valence-corrected chi connectivity index (χ1v) is 10.5. The smallest absolute Gasteiger partial charge is 0.240 e. The molecule has 0 spiro atoms. The van der Waals surface area contributed by atoms with Crippen LogP contribution >= 0.6 is 0 Å². The van der Waals surface area contributed by atoms with Crippen LogP contribution in [0.5, 0.6) is 0 Å². The lowest BCUT2D eigenvalue weighted by Gasteiger charge is -2.33. The molecule has 2 aromatic rings. The molecule has 8 heteroatoms. The molecule has 2 atom stereocenters. The second kappa shape index (κ2) is 7.50. The Balaban J connectivity index is 1.41. The van der Waals surface area contributed by atoms with E-state index in [1.54, 1.807) is 0 Å². The van der Waals surface area contributed by atoms with Gasteiger partial charge >= 0.3 is 0 Å². The first-order chi connectivity index (χ1) is 14.1. The Morgan fingerprint density at radius 1 is 1.28 bits per heavy atom. The molecule has 2 aromatic heterocycles. The number of carbonyl (C=O) groups is 1. The number of aryl methyl sites for hydroxylation is 1. The molecular weight excluding hydrogens is 370 g/mol. The van der Waals surface area contributed by atoms with Crippen molar-refractivity contribution < 1.29 is 14.1 Å². The molecule has 5 rings (SSSR count). The summed E-state index contributed by atoms with van der Waals surface area (Å²) in [5, 5.41) is 4.26. The van der Waals surface area contributed by atoms with Gasteiger partial charge in [0.1, 0.15) is 0 Å². The standard InChI is InChI=1S/C21H27N5O3/c1-13-18(19-23-20(29-24-19)14-6-9-28-12-14)16-5-8-26(11-15(16)10-22-13)21(27)17-4-3-7-25(17)2/h10,14,17H,3-9,11-12H2,1-2H3/t14?,17-/m0/s1. The van der Waals surface area contributed by atoms with Gasteiger partial charge in [-0.3, -0.25) is 14.7 Å². The number of hydrogen-bond donors (Lipinski definition) is 0. The molecule has 154 valence electrons. The quantitative estimate of drug-likeness (QED) is 0.782. The van der Waals surface area contributed by atoms with Crippen LogP contribution in [0.1, 0.15) is 47.9 Å². The van der Waals surface area contributed by atoms with Crippen LogP contribution < -0.4 is 0 Å². The van der Waals surface area contributed by atoms with Crippen molar-refractivity contribution in [1.82, 2.24) is 24.9 Å². The van der Waals surface area contributed by atoms with Gasteiger partial charge in [0.25, 0.3) is 0 Å². The average molecular weight is 397 g/mol. The highest BCUT2D eigenvalue weighted by molar-refractivity contribution is 5.82. The summed E-state index contributed by atoms with van der Waals surface area (Å²) < 4.78 is 11.0. The maximum absolute atomic E-state index is 13.0. The van der Waals surface area contributed by atoms with Gasteiger partial charge in [0.15, 0.2) is 0 Å². The van der Waals surface area contributed by atoms with E-state index in [0.717, 1.165) is 55.7 Å². The largest absolute Gasteiger partial charge is 0.381 e. The minimum Gasteiger partial charge on any atom is -0.381 e. The number of pyridine rings is 1. The summed E-state index contributed by atoms with van der Waals surface area (Å²) in [6.45, 7) is 5.67. The van der Waals surface area contributed by atoms with Crippen molar-refractivity contribution in [2.45, 2.75) is 51.1 Å². The van der Waals surface area contributed by atoms with E-state index in [2.05, 4.69) is 20.0 Å². The molecular formula is C21H27N5O3. The van der Waals surface area contributed by atoms with Crippen molar-refractivity contribution in [3.8, 4) is 11.4 Å². The summed E-state index contributed by atoms with van der Waals surface area (Å²) in [6.07, 6.45) is 5.64. The molecule has 8 nitrogen and oxygen atoms in total. The third-order valence-corrected chi connectivity index (χ3v) is 6.52. The number of likely N-dealkylation sites (tertiary alicyclic amines) is 1. The van der Waals surface area contributed by atoms with Gasteiger partial charge < -0.3 is 14.2 Å². The monoisotopic (exact) mass is 397 g/mol. The number of carbonyl (C=O) groups excluding carboxylic acids is 1. The van der Waals surface area contributed by atoms with E-state index in [0.29, 0.717) is 31.4 Å². The molecule has 0 aliphatic carbocycles. The Kier molecular flexibility index (Phi) is 4.83. The molecule has 0 saturated carbocycles. The van der Waals surface area contributed by atoms with Crippen molar-refractivity contribution in [2.75, 3.05) is 33.4 Å². The molecule has 1 unspecified atom stereocenters. The second-order valence-corrected chi connectivity index (χ2v) is 8.39. The lowest BCUT2D eigenvalue weighted by Crippen LogP contribution is -2.46. The third-order valence-electron chi connectivity index (χ3n) is 6.52. The predicted molar refractivity (Wildman–Crippen MR) is 105 cm³/mol. The van der Waals surface area contributed by atoms with Gasteiger partial charge in [0, 0.05) is 37.2 Å². The van der Waals surface area contributed by atoms with Gasteiger partial charge in [-0.05, 0) is 57.3 Å². The third kappa shape index (κ3) is 3.34. The van der Waals surface area contributed by atoms with E-state index >= 15 is 0 Å². The van der Waals surface area contributed by atoms with Crippen molar-refractivity contribution in [2.24, 2.45) is 0 Å². The molecule has 1 amide bonds. The van der Waals surface area contributed by atoms with Crippen LogP contribution in [0.15, 0.2) is 10.7 Å². The Labute approximate surface area is 170 Å². The number of amides is 1. The summed E-state index contributed by atoms with van der Waals surface area (Å²) in [5.74, 6) is 1.66. The van der Waals surface area contributed by atoms with E-state index in [1.807, 2.05) is 25.1 Å². The Morgan fingerprint density at radius 2 is 2.17 bits per heavy atom. The number of nitrogens with zero attached hydrogens (tertiary/aromatic N) is 5. The van der Waals surface area contributed by atoms with Gasteiger partial charge in [-0.15, -0.1) is 0 Å². The first kappa shape index (κ1) is 18.7. The van der Waals surface area contributed by atoms with E-state index < -0.39 is 0 Å². The van der Waals surface area contributed by atoms with E-state index in [9.17, 15) is 4.79 Å². The lowest BCUT2D eigenvalue weighted by atomic mass is 9.94. The fourth-order valence-electron chi connectivity index (χ4n) is 4.80. The van der Waals surface area contributed by atoms with Crippen LogP contribution in [-0.2, 0) is 22.5 Å². The summed E-state index contributed by atoms with van der Waals surface area (Å²) in [5.41, 5.74) is 4.13. The average Bonchev–Trinajstić information content (AvgIpc) is 3.48. The maximum Gasteiger partial charge on any atom is 0.240 e. The minimum atomic E-state index is 0.0165. The highest BCUT2D eigenvalue weighted by Crippen LogP contribution is 2.33. The van der Waals surface area contributed by atoms with Gasteiger partial charge in [0.2, 0.25) is 17.6 Å². The summed E-state index contributed by atoms with van der Waals surface area (Å²) in [6, 6.07) is 0.0165. The lowest BCUT2D eigenvalue weighted by molar-refractivity contribution is -0.136. The van der Waals surface area contributed by atoms with Crippen LogP contribution in [0.25, 0.3) is 11.4 Å². The number of fused-ring (bicyclic) bond motifs is 1. The molecule has 0 N–H and O–H groups in total.